The summed E-state index contributed by atoms with van der Waals surface area (Å²) in [5.41, 5.74) is 0. The molecule has 3 fully saturated rings. The molecule has 7 nitrogen and oxygen atoms in total. The molecule has 4 rings (SSSR count). The third-order valence-electron chi connectivity index (χ3n) is 5.97. The molecule has 0 bridgehead atoms. The summed E-state index contributed by atoms with van der Waals surface area (Å²) in [6, 6.07) is 1.22. The van der Waals surface area contributed by atoms with Crippen LogP contribution in [0.15, 0.2) is 18.5 Å². The fourth-order valence-electron chi connectivity index (χ4n) is 4.68. The number of nitrogens with zero attached hydrogens (tertiary/aromatic N) is 4. The minimum atomic E-state index is -3.17. The van der Waals surface area contributed by atoms with E-state index >= 15 is 0 Å². The molecule has 2 saturated heterocycles. The fourth-order valence-corrected chi connectivity index (χ4v) is 6.66. The Labute approximate surface area is 154 Å². The van der Waals surface area contributed by atoms with Crippen LogP contribution in [-0.2, 0) is 14.6 Å². The number of hydrogen-bond acceptors (Lipinski definition) is 6. The van der Waals surface area contributed by atoms with Gasteiger partial charge in [0.05, 0.1) is 23.6 Å². The monoisotopic (exact) mass is 378 g/mol. The van der Waals surface area contributed by atoms with Gasteiger partial charge in [0.2, 0.25) is 11.9 Å². The van der Waals surface area contributed by atoms with E-state index in [0.717, 1.165) is 25.7 Å². The van der Waals surface area contributed by atoms with Gasteiger partial charge in [-0.25, -0.2) is 18.4 Å². The highest BCUT2D eigenvalue weighted by Gasteiger charge is 2.49. The maximum atomic E-state index is 13.2. The molecule has 1 aromatic heterocycles. The quantitative estimate of drug-likeness (QED) is 0.721. The van der Waals surface area contributed by atoms with Crippen LogP contribution < -0.4 is 4.90 Å². The molecule has 1 aliphatic carbocycles. The van der Waals surface area contributed by atoms with Crippen LogP contribution in [0.4, 0.5) is 5.95 Å². The first-order chi connectivity index (χ1) is 12.6. The van der Waals surface area contributed by atoms with E-state index in [9.17, 15) is 13.2 Å². The molecule has 0 unspecified atom stereocenters. The molecule has 1 saturated carbocycles. The molecule has 0 N–H and O–H groups in total. The van der Waals surface area contributed by atoms with Crippen molar-refractivity contribution in [2.45, 2.75) is 50.6 Å². The number of aromatic nitrogens is 2. The van der Waals surface area contributed by atoms with Crippen molar-refractivity contribution in [3.05, 3.63) is 18.5 Å². The molecule has 1 amide bonds. The first kappa shape index (κ1) is 17.7. The zero-order valence-electron chi connectivity index (χ0n) is 15.0. The second-order valence-corrected chi connectivity index (χ2v) is 9.83. The molecule has 2 aliphatic heterocycles. The number of piperazine rings is 1. The largest absolute Gasteiger partial charge is 0.335 e. The van der Waals surface area contributed by atoms with E-state index in [1.807, 2.05) is 9.80 Å². The van der Waals surface area contributed by atoms with E-state index in [-0.39, 0.29) is 35.4 Å². The van der Waals surface area contributed by atoms with Gasteiger partial charge in [-0.2, -0.15) is 0 Å². The Morgan fingerprint density at radius 1 is 0.962 bits per heavy atom. The van der Waals surface area contributed by atoms with Gasteiger partial charge in [-0.05, 0) is 18.9 Å². The minimum Gasteiger partial charge on any atom is -0.335 e. The minimum absolute atomic E-state index is 0.0550. The second kappa shape index (κ2) is 7.13. The molecule has 0 radical (unpaired) electrons. The number of fused-ring (bicyclic) bond motifs is 1. The van der Waals surface area contributed by atoms with Crippen LogP contribution in [0.1, 0.15) is 38.5 Å². The summed E-state index contributed by atoms with van der Waals surface area (Å²) in [4.78, 5) is 25.6. The van der Waals surface area contributed by atoms with Crippen molar-refractivity contribution in [3.63, 3.8) is 0 Å². The van der Waals surface area contributed by atoms with Crippen LogP contribution in [0.5, 0.6) is 0 Å². The average molecular weight is 378 g/mol. The van der Waals surface area contributed by atoms with Crippen molar-refractivity contribution in [1.29, 1.82) is 0 Å². The van der Waals surface area contributed by atoms with E-state index < -0.39 is 9.84 Å². The summed E-state index contributed by atoms with van der Waals surface area (Å²) in [7, 11) is -3.17. The molecule has 0 aromatic carbocycles. The van der Waals surface area contributed by atoms with Crippen molar-refractivity contribution in [1.82, 2.24) is 14.9 Å². The smallest absolute Gasteiger partial charge is 0.226 e. The number of amides is 1. The fraction of sp³-hybridized carbons (Fsp3) is 0.722. The maximum absolute atomic E-state index is 13.2. The highest BCUT2D eigenvalue weighted by Crippen LogP contribution is 2.32. The normalized spacial score (nSPS) is 29.2. The number of carbonyl (C=O) groups excluding carboxylic acids is 1. The van der Waals surface area contributed by atoms with Gasteiger partial charge in [-0.15, -0.1) is 0 Å². The molecule has 142 valence electrons. The van der Waals surface area contributed by atoms with Crippen molar-refractivity contribution in [3.8, 4) is 0 Å². The number of anilines is 1. The van der Waals surface area contributed by atoms with Crippen LogP contribution in [-0.4, -0.2) is 65.9 Å². The van der Waals surface area contributed by atoms with Crippen molar-refractivity contribution in [2.24, 2.45) is 5.92 Å². The molecule has 26 heavy (non-hydrogen) atoms. The number of carbonyl (C=O) groups is 1. The van der Waals surface area contributed by atoms with Crippen LogP contribution in [0.25, 0.3) is 0 Å². The lowest BCUT2D eigenvalue weighted by molar-refractivity contribution is -0.138. The molecule has 2 atom stereocenters. The van der Waals surface area contributed by atoms with Gasteiger partial charge < -0.3 is 9.80 Å². The molecular weight excluding hydrogens is 352 g/mol. The first-order valence-corrected chi connectivity index (χ1v) is 11.4. The van der Waals surface area contributed by atoms with Gasteiger partial charge in [-0.3, -0.25) is 4.79 Å². The van der Waals surface area contributed by atoms with Gasteiger partial charge in [0.15, 0.2) is 9.84 Å². The first-order valence-electron chi connectivity index (χ1n) is 9.60. The number of sulfone groups is 1. The molecule has 3 aliphatic rings. The average Bonchev–Trinajstić information content (AvgIpc) is 2.81. The molecule has 0 spiro atoms. The molecular formula is C18H26N4O3S. The van der Waals surface area contributed by atoms with Crippen LogP contribution in [0, 0.1) is 5.92 Å². The Bertz CT molecular complexity index is 747. The topological polar surface area (TPSA) is 83.5 Å². The van der Waals surface area contributed by atoms with Crippen molar-refractivity contribution < 1.29 is 13.2 Å². The Hall–Kier alpha value is -1.70. The van der Waals surface area contributed by atoms with Crippen LogP contribution >= 0.6 is 0 Å². The Kier molecular flexibility index (Phi) is 4.86. The van der Waals surface area contributed by atoms with Gasteiger partial charge in [0, 0.05) is 31.4 Å². The molecule has 3 heterocycles. The lowest BCUT2D eigenvalue weighted by Crippen LogP contribution is -2.62. The van der Waals surface area contributed by atoms with E-state index in [1.165, 1.54) is 12.8 Å². The van der Waals surface area contributed by atoms with Gasteiger partial charge in [0.25, 0.3) is 0 Å². The summed E-state index contributed by atoms with van der Waals surface area (Å²) >= 11 is 0. The second-order valence-electron chi connectivity index (χ2n) is 7.67. The SMILES string of the molecule is O=C(C1CCCCCC1)N1CCN(c2ncccn2)[C@@H]2CS(=O)(=O)C[C@@H]21. The van der Waals surface area contributed by atoms with Gasteiger partial charge in [-0.1, -0.05) is 25.7 Å². The third kappa shape index (κ3) is 3.43. The van der Waals surface area contributed by atoms with Gasteiger partial charge >= 0.3 is 0 Å². The summed E-state index contributed by atoms with van der Waals surface area (Å²) in [5, 5.41) is 0. The number of hydrogen-bond donors (Lipinski definition) is 0. The summed E-state index contributed by atoms with van der Waals surface area (Å²) < 4.78 is 24.7. The highest BCUT2D eigenvalue weighted by atomic mass is 32.2. The van der Waals surface area contributed by atoms with E-state index in [1.54, 1.807) is 18.5 Å². The summed E-state index contributed by atoms with van der Waals surface area (Å²) in [6.45, 7) is 1.13. The summed E-state index contributed by atoms with van der Waals surface area (Å²) in [6.07, 6.45) is 9.80. The lowest BCUT2D eigenvalue weighted by Gasteiger charge is -2.44. The Morgan fingerprint density at radius 3 is 2.31 bits per heavy atom. The van der Waals surface area contributed by atoms with E-state index in [4.69, 9.17) is 0 Å². The lowest BCUT2D eigenvalue weighted by atomic mass is 9.95. The third-order valence-corrected chi connectivity index (χ3v) is 7.67. The van der Waals surface area contributed by atoms with Crippen LogP contribution in [0.2, 0.25) is 0 Å². The molecule has 1 aromatic rings. The maximum Gasteiger partial charge on any atom is 0.226 e. The zero-order chi connectivity index (χ0) is 18.1. The van der Waals surface area contributed by atoms with Crippen molar-refractivity contribution in [2.75, 3.05) is 29.5 Å². The zero-order valence-corrected chi connectivity index (χ0v) is 15.8. The van der Waals surface area contributed by atoms with E-state index in [2.05, 4.69) is 9.97 Å². The predicted octanol–water partition coefficient (Wildman–Crippen LogP) is 1.26. The van der Waals surface area contributed by atoms with Gasteiger partial charge in [0.1, 0.15) is 0 Å². The standard InChI is InChI=1S/C18H26N4O3S/c23-17(14-6-3-1-2-4-7-14)21-10-11-22(18-19-8-5-9-20-18)16-13-26(24,25)12-15(16)21/h5,8-9,14-16H,1-4,6-7,10-13H2/t15-,16+/m0/s1. The molecule has 8 heteroatoms. The Morgan fingerprint density at radius 2 is 1.62 bits per heavy atom. The van der Waals surface area contributed by atoms with E-state index in [0.29, 0.717) is 19.0 Å². The summed E-state index contributed by atoms with van der Waals surface area (Å²) in [5.74, 6) is 0.902. The van der Waals surface area contributed by atoms with Crippen LogP contribution in [0.3, 0.4) is 0 Å². The predicted molar refractivity (Wildman–Crippen MR) is 98.5 cm³/mol. The number of rotatable bonds is 2. The van der Waals surface area contributed by atoms with Crippen molar-refractivity contribution >= 4 is 21.7 Å². The highest BCUT2D eigenvalue weighted by molar-refractivity contribution is 7.91. The Balaban J connectivity index is 1.58.